The molecule has 0 unspecified atom stereocenters. The minimum Gasteiger partial charge on any atom is -0.363 e. The number of nitrogens with zero attached hydrogens (tertiary/aromatic N) is 1. The van der Waals surface area contributed by atoms with Crippen LogP contribution >= 0.6 is 12.2 Å². The number of Topliss-reactive ketones (excluding diaryl/α,β-unsaturated/α-hetero) is 1. The van der Waals surface area contributed by atoms with Crippen molar-refractivity contribution >= 4 is 23.0 Å². The summed E-state index contributed by atoms with van der Waals surface area (Å²) in [5.74, 6) is 1.02. The van der Waals surface area contributed by atoms with Crippen molar-refractivity contribution < 1.29 is 4.79 Å². The van der Waals surface area contributed by atoms with E-state index in [0.29, 0.717) is 18.1 Å². The second-order valence-corrected chi connectivity index (χ2v) is 4.96. The highest BCUT2D eigenvalue weighted by Gasteiger charge is 2.25. The first-order valence-electron chi connectivity index (χ1n) is 5.76. The van der Waals surface area contributed by atoms with Crippen molar-refractivity contribution in [1.82, 2.24) is 10.2 Å². The van der Waals surface area contributed by atoms with Crippen LogP contribution in [0, 0.1) is 5.92 Å². The van der Waals surface area contributed by atoms with Gasteiger partial charge in [-0.1, -0.05) is 12.2 Å². The lowest BCUT2D eigenvalue weighted by atomic mass is 10.1. The Hall–Kier alpha value is -0.480. The Morgan fingerprint density at radius 1 is 1.33 bits per heavy atom. The van der Waals surface area contributed by atoms with Gasteiger partial charge in [0.25, 0.3) is 0 Å². The van der Waals surface area contributed by atoms with Gasteiger partial charge in [0.2, 0.25) is 0 Å². The lowest BCUT2D eigenvalue weighted by Gasteiger charge is -2.29. The lowest BCUT2D eigenvalue weighted by molar-refractivity contribution is -0.118. The fraction of sp³-hybridized carbons (Fsp3) is 0.818. The maximum atomic E-state index is 11.6. The molecule has 1 aliphatic heterocycles. The Kier molecular flexibility index (Phi) is 3.70. The standard InChI is InChI=1S/C11H18N2OS/c14-10(7-9-1-2-9)8-11(15)13-5-3-12-4-6-13/h9,12H,1-8H2. The third-order valence-electron chi connectivity index (χ3n) is 3.03. The summed E-state index contributed by atoms with van der Waals surface area (Å²) in [5.41, 5.74) is 0. The first kappa shape index (κ1) is 11.0. The zero-order valence-electron chi connectivity index (χ0n) is 9.00. The van der Waals surface area contributed by atoms with E-state index in [1.54, 1.807) is 0 Å². The molecule has 84 valence electrons. The molecular formula is C11H18N2OS. The van der Waals surface area contributed by atoms with E-state index in [2.05, 4.69) is 10.2 Å². The van der Waals surface area contributed by atoms with Crippen molar-refractivity contribution in [3.63, 3.8) is 0 Å². The first-order valence-corrected chi connectivity index (χ1v) is 6.17. The largest absolute Gasteiger partial charge is 0.363 e. The summed E-state index contributed by atoms with van der Waals surface area (Å²) in [7, 11) is 0. The topological polar surface area (TPSA) is 32.3 Å². The number of carbonyl (C=O) groups is 1. The number of rotatable bonds is 4. The Morgan fingerprint density at radius 2 is 2.00 bits per heavy atom. The molecule has 0 atom stereocenters. The molecular weight excluding hydrogens is 208 g/mol. The third kappa shape index (κ3) is 3.54. The highest BCUT2D eigenvalue weighted by atomic mass is 32.1. The monoisotopic (exact) mass is 226 g/mol. The van der Waals surface area contributed by atoms with Crippen LogP contribution < -0.4 is 5.32 Å². The van der Waals surface area contributed by atoms with Gasteiger partial charge in [-0.25, -0.2) is 0 Å². The Morgan fingerprint density at radius 3 is 2.60 bits per heavy atom. The molecule has 4 heteroatoms. The highest BCUT2D eigenvalue weighted by molar-refractivity contribution is 7.80. The van der Waals surface area contributed by atoms with Crippen molar-refractivity contribution in [2.45, 2.75) is 25.7 Å². The summed E-state index contributed by atoms with van der Waals surface area (Å²) in [6.07, 6.45) is 3.73. The van der Waals surface area contributed by atoms with E-state index in [4.69, 9.17) is 12.2 Å². The average Bonchev–Trinajstić information content (AvgIpc) is 3.03. The normalized spacial score (nSPS) is 21.5. The van der Waals surface area contributed by atoms with Crippen molar-refractivity contribution in [2.75, 3.05) is 26.2 Å². The Balaban J connectivity index is 1.71. The predicted octanol–water partition coefficient (Wildman–Crippen LogP) is 0.978. The maximum Gasteiger partial charge on any atom is 0.139 e. The molecule has 0 spiro atoms. The molecule has 0 aromatic carbocycles. The van der Waals surface area contributed by atoms with Gasteiger partial charge in [-0.15, -0.1) is 0 Å². The number of hydrogen-bond acceptors (Lipinski definition) is 3. The van der Waals surface area contributed by atoms with Crippen LogP contribution in [0.3, 0.4) is 0 Å². The molecule has 2 aliphatic rings. The van der Waals surface area contributed by atoms with E-state index in [9.17, 15) is 4.79 Å². The van der Waals surface area contributed by atoms with Crippen LogP contribution in [0.5, 0.6) is 0 Å². The zero-order chi connectivity index (χ0) is 10.7. The second-order valence-electron chi connectivity index (χ2n) is 4.49. The molecule has 0 aromatic rings. The molecule has 1 heterocycles. The van der Waals surface area contributed by atoms with Gasteiger partial charge < -0.3 is 10.2 Å². The fourth-order valence-electron chi connectivity index (χ4n) is 1.91. The van der Waals surface area contributed by atoms with E-state index in [-0.39, 0.29) is 0 Å². The quantitative estimate of drug-likeness (QED) is 0.724. The van der Waals surface area contributed by atoms with Crippen LogP contribution in [0.25, 0.3) is 0 Å². The van der Waals surface area contributed by atoms with Crippen molar-refractivity contribution in [3.8, 4) is 0 Å². The number of hydrogen-bond donors (Lipinski definition) is 1. The van der Waals surface area contributed by atoms with Gasteiger partial charge in [0.1, 0.15) is 5.78 Å². The summed E-state index contributed by atoms with van der Waals surface area (Å²) in [6, 6.07) is 0. The minimum absolute atomic E-state index is 0.334. The van der Waals surface area contributed by atoms with E-state index in [0.717, 1.165) is 37.6 Å². The van der Waals surface area contributed by atoms with Gasteiger partial charge in [-0.05, 0) is 18.8 Å². The molecule has 1 saturated carbocycles. The van der Waals surface area contributed by atoms with Crippen LogP contribution in [0.15, 0.2) is 0 Å². The summed E-state index contributed by atoms with van der Waals surface area (Å²) in [4.78, 5) is 14.6. The number of carbonyl (C=O) groups excluding carboxylic acids is 1. The Bertz CT molecular complexity index is 257. The molecule has 15 heavy (non-hydrogen) atoms. The maximum absolute atomic E-state index is 11.6. The van der Waals surface area contributed by atoms with Gasteiger partial charge >= 0.3 is 0 Å². The van der Waals surface area contributed by atoms with Crippen LogP contribution in [0.1, 0.15) is 25.7 Å². The molecule has 1 saturated heterocycles. The molecule has 2 fully saturated rings. The highest BCUT2D eigenvalue weighted by Crippen LogP contribution is 2.32. The average molecular weight is 226 g/mol. The molecule has 1 N–H and O–H groups in total. The summed E-state index contributed by atoms with van der Waals surface area (Å²) in [5, 5.41) is 3.28. The van der Waals surface area contributed by atoms with Gasteiger partial charge in [-0.3, -0.25) is 4.79 Å². The second kappa shape index (κ2) is 5.03. The molecule has 2 rings (SSSR count). The number of nitrogens with one attached hydrogen (secondary N) is 1. The van der Waals surface area contributed by atoms with E-state index >= 15 is 0 Å². The van der Waals surface area contributed by atoms with Crippen molar-refractivity contribution in [1.29, 1.82) is 0 Å². The fourth-order valence-corrected chi connectivity index (χ4v) is 2.25. The summed E-state index contributed by atoms with van der Waals surface area (Å²) in [6.45, 7) is 3.87. The van der Waals surface area contributed by atoms with E-state index < -0.39 is 0 Å². The van der Waals surface area contributed by atoms with Crippen molar-refractivity contribution in [2.24, 2.45) is 5.92 Å². The number of ketones is 1. The summed E-state index contributed by atoms with van der Waals surface area (Å²) < 4.78 is 0. The lowest BCUT2D eigenvalue weighted by Crippen LogP contribution is -2.46. The van der Waals surface area contributed by atoms with Crippen LogP contribution in [0.4, 0.5) is 0 Å². The minimum atomic E-state index is 0.334. The molecule has 0 amide bonds. The van der Waals surface area contributed by atoms with Crippen LogP contribution in [0.2, 0.25) is 0 Å². The predicted molar refractivity (Wildman–Crippen MR) is 64.0 cm³/mol. The molecule has 0 aromatic heterocycles. The smallest absolute Gasteiger partial charge is 0.139 e. The van der Waals surface area contributed by atoms with E-state index in [1.165, 1.54) is 12.8 Å². The van der Waals surface area contributed by atoms with Gasteiger partial charge in [-0.2, -0.15) is 0 Å². The molecule has 3 nitrogen and oxygen atoms in total. The summed E-state index contributed by atoms with van der Waals surface area (Å²) >= 11 is 5.30. The SMILES string of the molecule is O=C(CC(=S)N1CCNCC1)CC1CC1. The zero-order valence-corrected chi connectivity index (χ0v) is 9.81. The van der Waals surface area contributed by atoms with Gasteiger partial charge in [0, 0.05) is 32.6 Å². The van der Waals surface area contributed by atoms with Crippen LogP contribution in [-0.2, 0) is 4.79 Å². The van der Waals surface area contributed by atoms with E-state index in [1.807, 2.05) is 0 Å². The molecule has 0 bridgehead atoms. The van der Waals surface area contributed by atoms with Crippen molar-refractivity contribution in [3.05, 3.63) is 0 Å². The van der Waals surface area contributed by atoms with Crippen LogP contribution in [-0.4, -0.2) is 41.9 Å². The first-order chi connectivity index (χ1) is 7.25. The third-order valence-corrected chi connectivity index (χ3v) is 3.43. The molecule has 0 radical (unpaired) electrons. The Labute approximate surface area is 96.2 Å². The molecule has 1 aliphatic carbocycles. The number of thiocarbonyl (C=S) groups is 1. The van der Waals surface area contributed by atoms with Gasteiger partial charge in [0.05, 0.1) is 11.4 Å². The van der Waals surface area contributed by atoms with Gasteiger partial charge in [0.15, 0.2) is 0 Å². The number of piperazine rings is 1.